The van der Waals surface area contributed by atoms with E-state index in [1.165, 1.54) is 6.07 Å². The van der Waals surface area contributed by atoms with Gasteiger partial charge in [0.05, 0.1) is 6.61 Å². The highest BCUT2D eigenvalue weighted by atomic mass is 32.2. The monoisotopic (exact) mass is 216 g/mol. The molecule has 0 spiro atoms. The summed E-state index contributed by atoms with van der Waals surface area (Å²) in [4.78, 5) is 1.79. The summed E-state index contributed by atoms with van der Waals surface area (Å²) in [5.41, 5.74) is 0. The van der Waals surface area contributed by atoms with E-state index in [1.807, 2.05) is 0 Å². The number of nitrogens with two attached hydrogens (primary N) is 1. The lowest BCUT2D eigenvalue weighted by Gasteiger charge is -2.08. The van der Waals surface area contributed by atoms with E-state index in [4.69, 9.17) is 10.6 Å². The molecule has 1 aromatic rings. The Kier molecular flexibility index (Phi) is 3.45. The van der Waals surface area contributed by atoms with Crippen LogP contribution in [0.1, 0.15) is 6.92 Å². The van der Waals surface area contributed by atoms with Gasteiger partial charge in [0.1, 0.15) is 10.6 Å². The highest BCUT2D eigenvalue weighted by molar-refractivity contribution is 7.89. The van der Waals surface area contributed by atoms with Crippen LogP contribution < -0.4 is 15.4 Å². The van der Waals surface area contributed by atoms with Gasteiger partial charge in [-0.15, -0.1) is 4.83 Å². The first-order chi connectivity index (χ1) is 6.61. The van der Waals surface area contributed by atoms with Crippen molar-refractivity contribution >= 4 is 10.0 Å². The zero-order chi connectivity index (χ0) is 10.6. The predicted octanol–water partition coefficient (Wildman–Crippen LogP) is 0.237. The van der Waals surface area contributed by atoms with E-state index >= 15 is 0 Å². The molecule has 14 heavy (non-hydrogen) atoms. The third-order valence-electron chi connectivity index (χ3n) is 1.59. The maximum atomic E-state index is 11.4. The van der Waals surface area contributed by atoms with E-state index in [1.54, 1.807) is 30.0 Å². The molecule has 0 fully saturated rings. The van der Waals surface area contributed by atoms with Crippen LogP contribution in [-0.2, 0) is 10.0 Å². The molecule has 1 rings (SSSR count). The Hall–Kier alpha value is -1.11. The number of hydrogen-bond donors (Lipinski definition) is 2. The summed E-state index contributed by atoms with van der Waals surface area (Å²) in [6, 6.07) is 6.31. The van der Waals surface area contributed by atoms with Crippen molar-refractivity contribution < 1.29 is 13.2 Å². The van der Waals surface area contributed by atoms with Crippen LogP contribution in [0.15, 0.2) is 29.2 Å². The topological polar surface area (TPSA) is 81.4 Å². The van der Waals surface area contributed by atoms with Crippen LogP contribution >= 0.6 is 0 Å². The molecule has 0 unspecified atom stereocenters. The molecule has 6 heteroatoms. The summed E-state index contributed by atoms with van der Waals surface area (Å²) in [7, 11) is -3.65. The van der Waals surface area contributed by atoms with Gasteiger partial charge in [-0.05, 0) is 19.1 Å². The second kappa shape index (κ2) is 4.41. The molecule has 0 saturated heterocycles. The van der Waals surface area contributed by atoms with Crippen LogP contribution in [-0.4, -0.2) is 15.0 Å². The fourth-order valence-corrected chi connectivity index (χ4v) is 1.79. The predicted molar refractivity (Wildman–Crippen MR) is 52.1 cm³/mol. The minimum atomic E-state index is -3.65. The molecule has 0 aliphatic heterocycles. The summed E-state index contributed by atoms with van der Waals surface area (Å²) < 4.78 is 27.9. The van der Waals surface area contributed by atoms with Gasteiger partial charge in [-0.2, -0.15) is 0 Å². The van der Waals surface area contributed by atoms with Gasteiger partial charge >= 0.3 is 0 Å². The number of para-hydroxylation sites is 1. The van der Waals surface area contributed by atoms with Crippen molar-refractivity contribution in [1.29, 1.82) is 0 Å². The molecule has 0 aromatic heterocycles. The minimum absolute atomic E-state index is 0.0457. The lowest BCUT2D eigenvalue weighted by Crippen LogP contribution is -2.30. The number of hydrogen-bond acceptors (Lipinski definition) is 4. The van der Waals surface area contributed by atoms with E-state index < -0.39 is 10.0 Å². The maximum absolute atomic E-state index is 11.4. The third-order valence-corrected chi connectivity index (χ3v) is 2.82. The summed E-state index contributed by atoms with van der Waals surface area (Å²) in [5.74, 6) is 5.21. The highest BCUT2D eigenvalue weighted by Crippen LogP contribution is 2.22. The maximum Gasteiger partial charge on any atom is 0.256 e. The number of hydrazine groups is 1. The third kappa shape index (κ3) is 2.22. The zero-order valence-electron chi connectivity index (χ0n) is 7.73. The van der Waals surface area contributed by atoms with E-state index in [0.717, 1.165) is 0 Å². The first-order valence-corrected chi connectivity index (χ1v) is 5.54. The van der Waals surface area contributed by atoms with Crippen molar-refractivity contribution in [2.45, 2.75) is 11.8 Å². The molecule has 0 aliphatic carbocycles. The van der Waals surface area contributed by atoms with E-state index in [0.29, 0.717) is 12.4 Å². The number of rotatable bonds is 4. The summed E-state index contributed by atoms with van der Waals surface area (Å²) >= 11 is 0. The van der Waals surface area contributed by atoms with Crippen LogP contribution in [0, 0.1) is 0 Å². The van der Waals surface area contributed by atoms with Gasteiger partial charge < -0.3 is 4.74 Å². The van der Waals surface area contributed by atoms with Crippen LogP contribution in [0.25, 0.3) is 0 Å². The van der Waals surface area contributed by atoms with E-state index in [2.05, 4.69) is 0 Å². The lowest BCUT2D eigenvalue weighted by atomic mass is 10.3. The second-order valence-electron chi connectivity index (χ2n) is 2.50. The molecule has 0 aliphatic rings. The standard InChI is InChI=1S/C8H12N2O3S/c1-2-13-7-5-3-4-6-8(7)14(11,12)10-9/h3-6,10H,2,9H2,1H3. The fourth-order valence-electron chi connectivity index (χ4n) is 1.01. The number of sulfonamides is 1. The second-order valence-corrected chi connectivity index (χ2v) is 4.18. The molecule has 0 amide bonds. The molecule has 0 radical (unpaired) electrons. The van der Waals surface area contributed by atoms with E-state index in [9.17, 15) is 8.42 Å². The largest absolute Gasteiger partial charge is 0.492 e. The molecular formula is C8H12N2O3S. The normalized spacial score (nSPS) is 11.3. The minimum Gasteiger partial charge on any atom is -0.492 e. The van der Waals surface area contributed by atoms with Crippen LogP contribution in [0.4, 0.5) is 0 Å². The van der Waals surface area contributed by atoms with Gasteiger partial charge in [-0.1, -0.05) is 12.1 Å². The molecule has 0 bridgehead atoms. The summed E-state index contributed by atoms with van der Waals surface area (Å²) in [5, 5.41) is 0. The van der Waals surface area contributed by atoms with Crippen molar-refractivity contribution in [3.8, 4) is 5.75 Å². The molecule has 1 aromatic carbocycles. The Morgan fingerprint density at radius 2 is 2.07 bits per heavy atom. The van der Waals surface area contributed by atoms with Crippen molar-refractivity contribution in [1.82, 2.24) is 4.83 Å². The molecule has 5 nitrogen and oxygen atoms in total. The van der Waals surface area contributed by atoms with Gasteiger partial charge in [-0.25, -0.2) is 8.42 Å². The van der Waals surface area contributed by atoms with Crippen molar-refractivity contribution in [3.63, 3.8) is 0 Å². The lowest BCUT2D eigenvalue weighted by molar-refractivity contribution is 0.331. The first-order valence-electron chi connectivity index (χ1n) is 4.06. The Morgan fingerprint density at radius 3 is 2.64 bits per heavy atom. The van der Waals surface area contributed by atoms with Gasteiger partial charge in [-0.3, -0.25) is 5.84 Å². The Balaban J connectivity index is 3.20. The molecule has 0 saturated carbocycles. The zero-order valence-corrected chi connectivity index (χ0v) is 8.54. The smallest absolute Gasteiger partial charge is 0.256 e. The van der Waals surface area contributed by atoms with Crippen molar-refractivity contribution in [2.75, 3.05) is 6.61 Å². The molecular weight excluding hydrogens is 204 g/mol. The van der Waals surface area contributed by atoms with Gasteiger partial charge in [0, 0.05) is 0 Å². The SMILES string of the molecule is CCOc1ccccc1S(=O)(=O)NN. The summed E-state index contributed by atoms with van der Waals surface area (Å²) in [6.45, 7) is 2.18. The molecule has 0 heterocycles. The van der Waals surface area contributed by atoms with E-state index in [-0.39, 0.29) is 4.90 Å². The fraction of sp³-hybridized carbons (Fsp3) is 0.250. The Bertz CT molecular complexity index is 403. The first kappa shape index (κ1) is 11.0. The van der Waals surface area contributed by atoms with Gasteiger partial charge in [0.25, 0.3) is 10.0 Å². The van der Waals surface area contributed by atoms with Crippen LogP contribution in [0.5, 0.6) is 5.75 Å². The molecule has 3 N–H and O–H groups in total. The van der Waals surface area contributed by atoms with Crippen LogP contribution in [0.2, 0.25) is 0 Å². The Labute approximate surface area is 82.9 Å². The highest BCUT2D eigenvalue weighted by Gasteiger charge is 2.16. The average molecular weight is 216 g/mol. The number of benzene rings is 1. The van der Waals surface area contributed by atoms with Crippen molar-refractivity contribution in [2.24, 2.45) is 5.84 Å². The number of nitrogens with one attached hydrogen (secondary N) is 1. The summed E-state index contributed by atoms with van der Waals surface area (Å²) in [6.07, 6.45) is 0. The van der Waals surface area contributed by atoms with Gasteiger partial charge in [0.15, 0.2) is 0 Å². The molecule has 0 atom stereocenters. The van der Waals surface area contributed by atoms with Crippen LogP contribution in [0.3, 0.4) is 0 Å². The Morgan fingerprint density at radius 1 is 1.43 bits per heavy atom. The van der Waals surface area contributed by atoms with Gasteiger partial charge in [0.2, 0.25) is 0 Å². The van der Waals surface area contributed by atoms with Crippen molar-refractivity contribution in [3.05, 3.63) is 24.3 Å². The quantitative estimate of drug-likeness (QED) is 0.558. The number of ether oxygens (including phenoxy) is 1. The molecule has 78 valence electrons. The average Bonchev–Trinajstić information content (AvgIpc) is 2.19.